The third-order valence-electron chi connectivity index (χ3n) is 3.14. The van der Waals surface area contributed by atoms with Crippen LogP contribution in [0.3, 0.4) is 0 Å². The molecule has 2 aromatic carbocycles. The van der Waals surface area contributed by atoms with Gasteiger partial charge in [-0.2, -0.15) is 0 Å². The topological polar surface area (TPSA) is 12.0 Å². The lowest BCUT2D eigenvalue weighted by Gasteiger charge is -2.20. The fourth-order valence-electron chi connectivity index (χ4n) is 2.09. The van der Waals surface area contributed by atoms with Gasteiger partial charge in [-0.25, -0.2) is 4.39 Å². The summed E-state index contributed by atoms with van der Waals surface area (Å²) in [5.41, 5.74) is 2.88. The molecule has 0 aromatic heterocycles. The molecule has 1 atom stereocenters. The van der Waals surface area contributed by atoms with E-state index in [2.05, 4.69) is 27.3 Å². The smallest absolute Gasteiger partial charge is 0.128 e. The van der Waals surface area contributed by atoms with Gasteiger partial charge in [0.25, 0.3) is 0 Å². The summed E-state index contributed by atoms with van der Waals surface area (Å²) in [4.78, 5) is 0. The molecule has 0 radical (unpaired) electrons. The van der Waals surface area contributed by atoms with Gasteiger partial charge in [-0.1, -0.05) is 31.2 Å². The van der Waals surface area contributed by atoms with Crippen molar-refractivity contribution in [2.75, 3.05) is 5.32 Å². The fourth-order valence-corrected chi connectivity index (χ4v) is 2.46. The Morgan fingerprint density at radius 1 is 1.21 bits per heavy atom. The molecule has 0 aliphatic carbocycles. The van der Waals surface area contributed by atoms with Crippen molar-refractivity contribution in [2.45, 2.75) is 26.3 Å². The first kappa shape index (κ1) is 14.1. The van der Waals surface area contributed by atoms with Gasteiger partial charge in [-0.3, -0.25) is 0 Å². The van der Waals surface area contributed by atoms with Crippen molar-refractivity contribution in [1.82, 2.24) is 0 Å². The van der Waals surface area contributed by atoms with Gasteiger partial charge in [0, 0.05) is 15.7 Å². The predicted molar refractivity (Wildman–Crippen MR) is 81.9 cm³/mol. The van der Waals surface area contributed by atoms with Crippen molar-refractivity contribution in [1.29, 1.82) is 0 Å². The molecule has 1 N–H and O–H groups in total. The van der Waals surface area contributed by atoms with Crippen molar-refractivity contribution >= 4 is 21.6 Å². The van der Waals surface area contributed by atoms with E-state index < -0.39 is 0 Å². The molecule has 0 fully saturated rings. The lowest BCUT2D eigenvalue weighted by atomic mass is 10.0. The van der Waals surface area contributed by atoms with Gasteiger partial charge >= 0.3 is 0 Å². The third-order valence-corrected chi connectivity index (χ3v) is 3.83. The zero-order chi connectivity index (χ0) is 13.8. The molecular weight excluding hydrogens is 305 g/mol. The summed E-state index contributed by atoms with van der Waals surface area (Å²) in [6, 6.07) is 13.0. The number of halogens is 2. The highest BCUT2D eigenvalue weighted by molar-refractivity contribution is 9.10. The molecule has 19 heavy (non-hydrogen) atoms. The second-order valence-electron chi connectivity index (χ2n) is 4.61. The average molecular weight is 322 g/mol. The van der Waals surface area contributed by atoms with E-state index in [9.17, 15) is 4.39 Å². The summed E-state index contributed by atoms with van der Waals surface area (Å²) < 4.78 is 14.9. The fraction of sp³-hybridized carbons (Fsp3) is 0.250. The largest absolute Gasteiger partial charge is 0.377 e. The van der Waals surface area contributed by atoms with Crippen molar-refractivity contribution in [3.63, 3.8) is 0 Å². The minimum Gasteiger partial charge on any atom is -0.377 e. The molecule has 0 saturated carbocycles. The molecule has 0 bridgehead atoms. The lowest BCUT2D eigenvalue weighted by Crippen LogP contribution is -2.11. The Labute approximate surface area is 122 Å². The first-order valence-corrected chi connectivity index (χ1v) is 7.18. The summed E-state index contributed by atoms with van der Waals surface area (Å²) in [6.07, 6.45) is 0.821. The Bertz CT molecular complexity index is 568. The normalized spacial score (nSPS) is 12.2. The van der Waals surface area contributed by atoms with E-state index in [0.717, 1.165) is 16.6 Å². The van der Waals surface area contributed by atoms with Gasteiger partial charge in [0.1, 0.15) is 5.82 Å². The molecule has 0 spiro atoms. The van der Waals surface area contributed by atoms with Gasteiger partial charge in [0.05, 0.1) is 6.04 Å². The summed E-state index contributed by atoms with van der Waals surface area (Å²) in [5.74, 6) is -0.161. The number of nitrogens with one attached hydrogen (secondary N) is 1. The molecule has 100 valence electrons. The maximum atomic E-state index is 13.9. The molecule has 0 heterocycles. The number of anilines is 1. The molecular formula is C16H17BrFN. The zero-order valence-corrected chi connectivity index (χ0v) is 12.7. The van der Waals surface area contributed by atoms with Crippen LogP contribution in [-0.4, -0.2) is 0 Å². The summed E-state index contributed by atoms with van der Waals surface area (Å²) in [7, 11) is 0. The number of hydrogen-bond acceptors (Lipinski definition) is 1. The number of aryl methyl sites for hydroxylation is 1. The van der Waals surface area contributed by atoms with E-state index in [4.69, 9.17) is 0 Å². The molecule has 3 heteroatoms. The van der Waals surface area contributed by atoms with E-state index in [1.807, 2.05) is 38.1 Å². The highest BCUT2D eigenvalue weighted by Gasteiger charge is 2.14. The maximum absolute atomic E-state index is 13.9. The van der Waals surface area contributed by atoms with Gasteiger partial charge in [0.2, 0.25) is 0 Å². The van der Waals surface area contributed by atoms with Crippen LogP contribution in [0.15, 0.2) is 46.9 Å². The van der Waals surface area contributed by atoms with E-state index in [1.54, 1.807) is 6.07 Å². The molecule has 0 saturated heterocycles. The highest BCUT2D eigenvalue weighted by atomic mass is 79.9. The highest BCUT2D eigenvalue weighted by Crippen LogP contribution is 2.30. The molecule has 2 rings (SSSR count). The van der Waals surface area contributed by atoms with Gasteiger partial charge in [-0.05, 0) is 53.0 Å². The Kier molecular flexibility index (Phi) is 4.59. The summed E-state index contributed by atoms with van der Waals surface area (Å²) >= 11 is 3.52. The molecule has 0 aliphatic rings. The predicted octanol–water partition coefficient (Wildman–Crippen LogP) is 5.46. The standard InChI is InChI=1S/C16H17BrFN/c1-3-15(12-6-4-5-7-14(12)18)19-16-10-11(2)8-9-13(16)17/h4-10,15,19H,3H2,1-2H3. The van der Waals surface area contributed by atoms with Crippen LogP contribution in [0.1, 0.15) is 30.5 Å². The number of rotatable bonds is 4. The van der Waals surface area contributed by atoms with Crippen molar-refractivity contribution in [3.8, 4) is 0 Å². The minimum atomic E-state index is -0.161. The van der Waals surface area contributed by atoms with E-state index in [-0.39, 0.29) is 11.9 Å². The van der Waals surface area contributed by atoms with Crippen LogP contribution in [0.5, 0.6) is 0 Å². The summed E-state index contributed by atoms with van der Waals surface area (Å²) in [6.45, 7) is 4.09. The van der Waals surface area contributed by atoms with Crippen LogP contribution >= 0.6 is 15.9 Å². The SMILES string of the molecule is CCC(Nc1cc(C)ccc1Br)c1ccccc1F. The summed E-state index contributed by atoms with van der Waals surface area (Å²) in [5, 5.41) is 3.41. The van der Waals surface area contributed by atoms with E-state index in [0.29, 0.717) is 5.56 Å². The van der Waals surface area contributed by atoms with E-state index in [1.165, 1.54) is 11.6 Å². The van der Waals surface area contributed by atoms with Gasteiger partial charge in [-0.15, -0.1) is 0 Å². The first-order chi connectivity index (χ1) is 9.11. The Morgan fingerprint density at radius 2 is 1.95 bits per heavy atom. The Morgan fingerprint density at radius 3 is 2.63 bits per heavy atom. The van der Waals surface area contributed by atoms with Crippen LogP contribution < -0.4 is 5.32 Å². The number of benzene rings is 2. The lowest BCUT2D eigenvalue weighted by molar-refractivity contribution is 0.587. The molecule has 1 nitrogen and oxygen atoms in total. The Hall–Kier alpha value is -1.35. The van der Waals surface area contributed by atoms with Crippen LogP contribution in [0.25, 0.3) is 0 Å². The first-order valence-electron chi connectivity index (χ1n) is 6.39. The second kappa shape index (κ2) is 6.20. The van der Waals surface area contributed by atoms with E-state index >= 15 is 0 Å². The monoisotopic (exact) mass is 321 g/mol. The van der Waals surface area contributed by atoms with Crippen LogP contribution in [-0.2, 0) is 0 Å². The molecule has 0 aliphatic heterocycles. The Balaban J connectivity index is 2.29. The molecule has 1 unspecified atom stereocenters. The zero-order valence-electron chi connectivity index (χ0n) is 11.1. The average Bonchev–Trinajstić information content (AvgIpc) is 2.41. The van der Waals surface area contributed by atoms with Gasteiger partial charge in [0.15, 0.2) is 0 Å². The number of hydrogen-bond donors (Lipinski definition) is 1. The third kappa shape index (κ3) is 3.35. The quantitative estimate of drug-likeness (QED) is 0.788. The molecule has 0 amide bonds. The van der Waals surface area contributed by atoms with Crippen molar-refractivity contribution in [2.24, 2.45) is 0 Å². The van der Waals surface area contributed by atoms with Crippen LogP contribution in [0, 0.1) is 12.7 Å². The van der Waals surface area contributed by atoms with Crippen LogP contribution in [0.4, 0.5) is 10.1 Å². The van der Waals surface area contributed by atoms with Crippen molar-refractivity contribution < 1.29 is 4.39 Å². The van der Waals surface area contributed by atoms with Crippen LogP contribution in [0.2, 0.25) is 0 Å². The maximum Gasteiger partial charge on any atom is 0.128 e. The molecule has 2 aromatic rings. The minimum absolute atomic E-state index is 0.0284. The second-order valence-corrected chi connectivity index (χ2v) is 5.46. The van der Waals surface area contributed by atoms with Gasteiger partial charge < -0.3 is 5.32 Å². The van der Waals surface area contributed by atoms with Crippen molar-refractivity contribution in [3.05, 3.63) is 63.9 Å².